The standard InChI is InChI=1S/C18H26O4/c1-2-3-4-5-6-7-8-9-10-11-13-14(12-19)16(21)18-17(22-18)15(13)20/h6-11,15-21H,2-5,12H2,1H3/b7-6+,9-8+,11-10+/t15-,16-,17+,18-/m1/s1. The van der Waals surface area contributed by atoms with E-state index in [1.165, 1.54) is 19.3 Å². The average Bonchev–Trinajstić information content (AvgIpc) is 3.31. The van der Waals surface area contributed by atoms with E-state index >= 15 is 0 Å². The van der Waals surface area contributed by atoms with Crippen molar-refractivity contribution in [2.75, 3.05) is 6.61 Å². The van der Waals surface area contributed by atoms with E-state index in [0.29, 0.717) is 11.1 Å². The molecular formula is C18H26O4. The van der Waals surface area contributed by atoms with Gasteiger partial charge in [0.25, 0.3) is 0 Å². The Balaban J connectivity index is 1.88. The Hall–Kier alpha value is -1.20. The molecule has 1 heterocycles. The minimum atomic E-state index is -0.819. The minimum Gasteiger partial charge on any atom is -0.392 e. The lowest BCUT2D eigenvalue weighted by atomic mass is 9.87. The molecular weight excluding hydrogens is 280 g/mol. The van der Waals surface area contributed by atoms with E-state index in [1.54, 1.807) is 12.2 Å². The maximum absolute atomic E-state index is 10.1. The summed E-state index contributed by atoms with van der Waals surface area (Å²) in [6, 6.07) is 0. The first kappa shape index (κ1) is 17.2. The summed E-state index contributed by atoms with van der Waals surface area (Å²) in [4.78, 5) is 0. The van der Waals surface area contributed by atoms with Crippen LogP contribution >= 0.6 is 0 Å². The molecule has 2 rings (SSSR count). The molecule has 0 unspecified atom stereocenters. The fraction of sp³-hybridized carbons (Fsp3) is 0.556. The zero-order valence-corrected chi connectivity index (χ0v) is 13.1. The summed E-state index contributed by atoms with van der Waals surface area (Å²) < 4.78 is 5.24. The van der Waals surface area contributed by atoms with E-state index in [9.17, 15) is 15.3 Å². The zero-order chi connectivity index (χ0) is 15.9. The molecule has 0 radical (unpaired) electrons. The maximum atomic E-state index is 10.1. The third-order valence-corrected chi connectivity index (χ3v) is 4.12. The molecule has 122 valence electrons. The van der Waals surface area contributed by atoms with Crippen molar-refractivity contribution in [1.29, 1.82) is 0 Å². The van der Waals surface area contributed by atoms with Crippen LogP contribution in [-0.4, -0.2) is 46.3 Å². The van der Waals surface area contributed by atoms with Crippen molar-refractivity contribution < 1.29 is 20.1 Å². The second-order valence-corrected chi connectivity index (χ2v) is 5.76. The molecule has 1 fully saturated rings. The summed E-state index contributed by atoms with van der Waals surface area (Å²) in [7, 11) is 0. The SMILES string of the molecule is CCCCC/C=C/C=C/C=C/C1=C(CO)[C@@H](O)[C@H]2O[C@H]2[C@@H]1O. The van der Waals surface area contributed by atoms with E-state index in [2.05, 4.69) is 13.0 Å². The van der Waals surface area contributed by atoms with Crippen LogP contribution in [0.1, 0.15) is 32.6 Å². The Morgan fingerprint density at radius 2 is 1.73 bits per heavy atom. The average molecular weight is 306 g/mol. The molecule has 0 aromatic carbocycles. The lowest BCUT2D eigenvalue weighted by molar-refractivity contribution is 0.141. The summed E-state index contributed by atoms with van der Waals surface area (Å²) >= 11 is 0. The van der Waals surface area contributed by atoms with Gasteiger partial charge in [-0.15, -0.1) is 0 Å². The van der Waals surface area contributed by atoms with Crippen molar-refractivity contribution in [1.82, 2.24) is 0 Å². The molecule has 2 aliphatic rings. The Labute approximate surface area is 132 Å². The summed E-state index contributed by atoms with van der Waals surface area (Å²) in [5.74, 6) is 0. The molecule has 4 heteroatoms. The lowest BCUT2D eigenvalue weighted by Gasteiger charge is -2.23. The quantitative estimate of drug-likeness (QED) is 0.364. The van der Waals surface area contributed by atoms with Gasteiger partial charge in [-0.2, -0.15) is 0 Å². The lowest BCUT2D eigenvalue weighted by Crippen LogP contribution is -2.35. The number of aliphatic hydroxyl groups is 3. The van der Waals surface area contributed by atoms with Gasteiger partial charge in [-0.1, -0.05) is 56.2 Å². The number of hydrogen-bond donors (Lipinski definition) is 3. The van der Waals surface area contributed by atoms with Crippen molar-refractivity contribution in [3.05, 3.63) is 47.6 Å². The van der Waals surface area contributed by atoms with Gasteiger partial charge in [0, 0.05) is 0 Å². The van der Waals surface area contributed by atoms with Crippen LogP contribution in [0.25, 0.3) is 0 Å². The molecule has 1 aliphatic carbocycles. The van der Waals surface area contributed by atoms with Gasteiger partial charge < -0.3 is 20.1 Å². The molecule has 22 heavy (non-hydrogen) atoms. The van der Waals surface area contributed by atoms with Gasteiger partial charge in [0.1, 0.15) is 24.4 Å². The number of hydrogen-bond acceptors (Lipinski definition) is 4. The van der Waals surface area contributed by atoms with Crippen LogP contribution in [0, 0.1) is 0 Å². The van der Waals surface area contributed by atoms with Gasteiger partial charge in [-0.3, -0.25) is 0 Å². The van der Waals surface area contributed by atoms with Crippen LogP contribution in [-0.2, 0) is 4.74 Å². The van der Waals surface area contributed by atoms with Gasteiger partial charge in [0.2, 0.25) is 0 Å². The summed E-state index contributed by atoms with van der Waals surface area (Å²) in [6.07, 6.45) is 14.0. The van der Waals surface area contributed by atoms with Crippen molar-refractivity contribution >= 4 is 0 Å². The summed E-state index contributed by atoms with van der Waals surface area (Å²) in [5, 5.41) is 29.5. The fourth-order valence-corrected chi connectivity index (χ4v) is 2.75. The third kappa shape index (κ3) is 4.17. The van der Waals surface area contributed by atoms with Gasteiger partial charge in [0.15, 0.2) is 0 Å². The number of allylic oxidation sites excluding steroid dienone is 5. The minimum absolute atomic E-state index is 0.272. The normalized spacial score (nSPS) is 31.6. The predicted octanol–water partition coefficient (Wildman–Crippen LogP) is 2.03. The molecule has 4 atom stereocenters. The number of unbranched alkanes of at least 4 members (excludes halogenated alkanes) is 3. The van der Waals surface area contributed by atoms with E-state index in [4.69, 9.17) is 4.74 Å². The van der Waals surface area contributed by atoms with Gasteiger partial charge >= 0.3 is 0 Å². The monoisotopic (exact) mass is 306 g/mol. The zero-order valence-electron chi connectivity index (χ0n) is 13.1. The van der Waals surface area contributed by atoms with Crippen molar-refractivity contribution in [2.45, 2.75) is 57.0 Å². The number of epoxide rings is 1. The molecule has 0 spiro atoms. The Bertz CT molecular complexity index is 475. The Kier molecular flexibility index (Phi) is 6.58. The molecule has 3 N–H and O–H groups in total. The van der Waals surface area contributed by atoms with E-state index in [0.717, 1.165) is 6.42 Å². The molecule has 4 nitrogen and oxygen atoms in total. The molecule has 1 aliphatic heterocycles. The molecule has 0 saturated carbocycles. The number of ether oxygens (including phenoxy) is 1. The van der Waals surface area contributed by atoms with Crippen LogP contribution in [0.4, 0.5) is 0 Å². The van der Waals surface area contributed by atoms with Crippen LogP contribution in [0.2, 0.25) is 0 Å². The Morgan fingerprint density at radius 3 is 2.45 bits per heavy atom. The van der Waals surface area contributed by atoms with Crippen LogP contribution in [0.3, 0.4) is 0 Å². The van der Waals surface area contributed by atoms with Crippen molar-refractivity contribution in [2.24, 2.45) is 0 Å². The highest BCUT2D eigenvalue weighted by Crippen LogP contribution is 2.40. The van der Waals surface area contributed by atoms with Gasteiger partial charge in [-0.05, 0) is 24.0 Å². The first-order valence-electron chi connectivity index (χ1n) is 8.06. The van der Waals surface area contributed by atoms with E-state index in [1.807, 2.05) is 18.2 Å². The first-order valence-corrected chi connectivity index (χ1v) is 8.06. The largest absolute Gasteiger partial charge is 0.392 e. The topological polar surface area (TPSA) is 73.2 Å². The van der Waals surface area contributed by atoms with Gasteiger partial charge in [-0.25, -0.2) is 0 Å². The maximum Gasteiger partial charge on any atom is 0.117 e. The van der Waals surface area contributed by atoms with Crippen LogP contribution in [0.15, 0.2) is 47.6 Å². The molecule has 0 aromatic heterocycles. The highest BCUT2D eigenvalue weighted by Gasteiger charge is 2.54. The number of aliphatic hydroxyl groups excluding tert-OH is 3. The highest BCUT2D eigenvalue weighted by atomic mass is 16.6. The second kappa shape index (κ2) is 8.44. The Morgan fingerprint density at radius 1 is 1.00 bits per heavy atom. The van der Waals surface area contributed by atoms with Gasteiger partial charge in [0.05, 0.1) is 6.61 Å². The first-order chi connectivity index (χ1) is 10.7. The fourth-order valence-electron chi connectivity index (χ4n) is 2.75. The van der Waals surface area contributed by atoms with Crippen LogP contribution < -0.4 is 0 Å². The molecule has 0 bridgehead atoms. The third-order valence-electron chi connectivity index (χ3n) is 4.12. The second-order valence-electron chi connectivity index (χ2n) is 5.76. The molecule has 0 aromatic rings. The van der Waals surface area contributed by atoms with Crippen molar-refractivity contribution in [3.63, 3.8) is 0 Å². The van der Waals surface area contributed by atoms with Crippen molar-refractivity contribution in [3.8, 4) is 0 Å². The van der Waals surface area contributed by atoms with E-state index in [-0.39, 0.29) is 18.8 Å². The molecule has 0 amide bonds. The predicted molar refractivity (Wildman–Crippen MR) is 86.3 cm³/mol. The van der Waals surface area contributed by atoms with Crippen LogP contribution in [0.5, 0.6) is 0 Å². The number of rotatable bonds is 8. The smallest absolute Gasteiger partial charge is 0.117 e. The molecule has 1 saturated heterocycles. The summed E-state index contributed by atoms with van der Waals surface area (Å²) in [5.41, 5.74) is 1.01. The van der Waals surface area contributed by atoms with E-state index < -0.39 is 12.2 Å². The number of fused-ring (bicyclic) bond motifs is 1. The summed E-state index contributed by atoms with van der Waals surface area (Å²) in [6.45, 7) is 1.92. The highest BCUT2D eigenvalue weighted by molar-refractivity contribution is 5.40.